The molecule has 1 unspecified atom stereocenters. The molecular formula is C21H25N3O5. The number of benzene rings is 1. The van der Waals surface area contributed by atoms with Crippen molar-refractivity contribution in [3.8, 4) is 17.2 Å². The highest BCUT2D eigenvalue weighted by Crippen LogP contribution is 2.38. The SMILES string of the molecule is COc1cc(/C=C/C(=O)NC2CCc3nn(C)c(=O)cc3C2)cc(OC)c1OC. The first-order valence-electron chi connectivity index (χ1n) is 9.29. The van der Waals surface area contributed by atoms with Gasteiger partial charge in [0, 0.05) is 25.2 Å². The molecule has 1 amide bonds. The molecule has 0 fully saturated rings. The third-order valence-corrected chi connectivity index (χ3v) is 4.91. The van der Waals surface area contributed by atoms with Crippen LogP contribution in [0.15, 0.2) is 29.1 Å². The van der Waals surface area contributed by atoms with Gasteiger partial charge < -0.3 is 19.5 Å². The molecule has 0 saturated carbocycles. The molecule has 154 valence electrons. The van der Waals surface area contributed by atoms with Crippen LogP contribution in [0.1, 0.15) is 23.2 Å². The molecule has 8 nitrogen and oxygen atoms in total. The van der Waals surface area contributed by atoms with Gasteiger partial charge in [-0.3, -0.25) is 9.59 Å². The van der Waals surface area contributed by atoms with Crippen molar-refractivity contribution >= 4 is 12.0 Å². The van der Waals surface area contributed by atoms with Gasteiger partial charge in [-0.15, -0.1) is 0 Å². The number of nitrogens with one attached hydrogen (secondary N) is 1. The van der Waals surface area contributed by atoms with Crippen LogP contribution in [-0.2, 0) is 24.7 Å². The van der Waals surface area contributed by atoms with Crippen molar-refractivity contribution in [3.63, 3.8) is 0 Å². The maximum Gasteiger partial charge on any atom is 0.266 e. The average molecular weight is 399 g/mol. The smallest absolute Gasteiger partial charge is 0.266 e. The largest absolute Gasteiger partial charge is 0.493 e. The molecule has 0 radical (unpaired) electrons. The van der Waals surface area contributed by atoms with E-state index in [2.05, 4.69) is 10.4 Å². The Morgan fingerprint density at radius 3 is 2.48 bits per heavy atom. The highest BCUT2D eigenvalue weighted by atomic mass is 16.5. The first-order valence-corrected chi connectivity index (χ1v) is 9.29. The highest BCUT2D eigenvalue weighted by Gasteiger charge is 2.21. The van der Waals surface area contributed by atoms with Gasteiger partial charge in [-0.2, -0.15) is 5.10 Å². The topological polar surface area (TPSA) is 91.7 Å². The number of hydrogen-bond acceptors (Lipinski definition) is 6. The van der Waals surface area contributed by atoms with Crippen LogP contribution in [0.4, 0.5) is 0 Å². The van der Waals surface area contributed by atoms with Crippen molar-refractivity contribution in [2.75, 3.05) is 21.3 Å². The Morgan fingerprint density at radius 2 is 1.86 bits per heavy atom. The number of nitrogens with zero attached hydrogens (tertiary/aromatic N) is 2. The summed E-state index contributed by atoms with van der Waals surface area (Å²) < 4.78 is 17.3. The third-order valence-electron chi connectivity index (χ3n) is 4.91. The molecule has 2 aromatic rings. The molecule has 8 heteroatoms. The molecule has 1 aliphatic rings. The zero-order chi connectivity index (χ0) is 21.0. The highest BCUT2D eigenvalue weighted by molar-refractivity contribution is 5.92. The molecule has 0 saturated heterocycles. The molecular weight excluding hydrogens is 374 g/mol. The maximum absolute atomic E-state index is 12.4. The predicted molar refractivity (Wildman–Crippen MR) is 109 cm³/mol. The minimum absolute atomic E-state index is 0.0338. The van der Waals surface area contributed by atoms with Crippen LogP contribution in [0.5, 0.6) is 17.2 Å². The molecule has 29 heavy (non-hydrogen) atoms. The summed E-state index contributed by atoms with van der Waals surface area (Å²) in [5.41, 5.74) is 2.43. The molecule has 1 aromatic carbocycles. The van der Waals surface area contributed by atoms with E-state index in [1.54, 1.807) is 45.5 Å². The second kappa shape index (κ2) is 8.81. The van der Waals surface area contributed by atoms with Crippen molar-refractivity contribution < 1.29 is 19.0 Å². The summed E-state index contributed by atoms with van der Waals surface area (Å²) >= 11 is 0. The van der Waals surface area contributed by atoms with Gasteiger partial charge in [0.05, 0.1) is 27.0 Å². The Morgan fingerprint density at radius 1 is 1.17 bits per heavy atom. The average Bonchev–Trinajstić information content (AvgIpc) is 2.72. The van der Waals surface area contributed by atoms with E-state index in [1.165, 1.54) is 17.9 Å². The van der Waals surface area contributed by atoms with Crippen LogP contribution in [-0.4, -0.2) is 43.1 Å². The molecule has 1 aromatic heterocycles. The lowest BCUT2D eigenvalue weighted by molar-refractivity contribution is -0.117. The first kappa shape index (κ1) is 20.4. The van der Waals surface area contributed by atoms with Gasteiger partial charge in [-0.25, -0.2) is 4.68 Å². The van der Waals surface area contributed by atoms with Gasteiger partial charge in [0.1, 0.15) is 0 Å². The van der Waals surface area contributed by atoms with Gasteiger partial charge in [0.15, 0.2) is 11.5 Å². The molecule has 1 aliphatic carbocycles. The number of hydrogen-bond donors (Lipinski definition) is 1. The van der Waals surface area contributed by atoms with Gasteiger partial charge in [0.2, 0.25) is 11.7 Å². The van der Waals surface area contributed by atoms with Gasteiger partial charge in [0.25, 0.3) is 5.56 Å². The molecule has 1 N–H and O–H groups in total. The summed E-state index contributed by atoms with van der Waals surface area (Å²) in [6.07, 6.45) is 5.27. The van der Waals surface area contributed by atoms with E-state index in [1.807, 2.05) is 0 Å². The van der Waals surface area contributed by atoms with Crippen LogP contribution in [0.25, 0.3) is 6.08 Å². The van der Waals surface area contributed by atoms with Crippen molar-refractivity contribution in [3.05, 3.63) is 51.4 Å². The van der Waals surface area contributed by atoms with Crippen molar-refractivity contribution in [1.29, 1.82) is 0 Å². The zero-order valence-corrected chi connectivity index (χ0v) is 17.0. The summed E-state index contributed by atoms with van der Waals surface area (Å²) in [5.74, 6) is 1.33. The molecule has 3 rings (SSSR count). The monoisotopic (exact) mass is 399 g/mol. The summed E-state index contributed by atoms with van der Waals surface area (Å²) in [6.45, 7) is 0. The van der Waals surface area contributed by atoms with Crippen molar-refractivity contribution in [1.82, 2.24) is 15.1 Å². The molecule has 1 atom stereocenters. The van der Waals surface area contributed by atoms with E-state index in [0.717, 1.165) is 29.7 Å². The van der Waals surface area contributed by atoms with Crippen molar-refractivity contribution in [2.24, 2.45) is 7.05 Å². The Labute approximate surface area is 169 Å². The normalized spacial score (nSPS) is 15.7. The fourth-order valence-electron chi connectivity index (χ4n) is 3.43. The number of rotatable bonds is 6. The Kier molecular flexibility index (Phi) is 6.21. The van der Waals surface area contributed by atoms with E-state index in [4.69, 9.17) is 14.2 Å². The molecule has 0 bridgehead atoms. The lowest BCUT2D eigenvalue weighted by atomic mass is 9.92. The fraction of sp³-hybridized carbons (Fsp3) is 0.381. The van der Waals surface area contributed by atoms with Crippen LogP contribution in [0.3, 0.4) is 0 Å². The van der Waals surface area contributed by atoms with Crippen LogP contribution < -0.4 is 25.1 Å². The number of methoxy groups -OCH3 is 3. The lowest BCUT2D eigenvalue weighted by Crippen LogP contribution is -2.39. The van der Waals surface area contributed by atoms with E-state index in [9.17, 15) is 9.59 Å². The van der Waals surface area contributed by atoms with Crippen LogP contribution in [0, 0.1) is 0 Å². The Balaban J connectivity index is 1.69. The zero-order valence-electron chi connectivity index (χ0n) is 17.0. The van der Waals surface area contributed by atoms with E-state index >= 15 is 0 Å². The summed E-state index contributed by atoms with van der Waals surface area (Å²) in [6, 6.07) is 5.10. The first-order chi connectivity index (χ1) is 13.9. The quantitative estimate of drug-likeness (QED) is 0.740. The predicted octanol–water partition coefficient (Wildman–Crippen LogP) is 1.49. The van der Waals surface area contributed by atoms with Crippen LogP contribution in [0.2, 0.25) is 0 Å². The van der Waals surface area contributed by atoms with Crippen molar-refractivity contribution in [2.45, 2.75) is 25.3 Å². The van der Waals surface area contributed by atoms with E-state index < -0.39 is 0 Å². The lowest BCUT2D eigenvalue weighted by Gasteiger charge is -2.24. The number of aryl methyl sites for hydroxylation is 2. The summed E-state index contributed by atoms with van der Waals surface area (Å²) in [7, 11) is 6.27. The number of ether oxygens (including phenoxy) is 3. The Hall–Kier alpha value is -3.29. The van der Waals surface area contributed by atoms with Gasteiger partial charge >= 0.3 is 0 Å². The van der Waals surface area contributed by atoms with Gasteiger partial charge in [-0.05, 0) is 48.6 Å². The Bertz CT molecular complexity index is 971. The molecule has 0 spiro atoms. The van der Waals surface area contributed by atoms with Crippen LogP contribution >= 0.6 is 0 Å². The number of aromatic nitrogens is 2. The number of amides is 1. The number of fused-ring (bicyclic) bond motifs is 1. The number of carbonyl (C=O) groups is 1. The minimum Gasteiger partial charge on any atom is -0.493 e. The fourth-order valence-corrected chi connectivity index (χ4v) is 3.43. The second-order valence-electron chi connectivity index (χ2n) is 6.82. The third kappa shape index (κ3) is 4.59. The minimum atomic E-state index is -0.205. The number of carbonyl (C=O) groups excluding carboxylic acids is 1. The maximum atomic E-state index is 12.4. The summed E-state index contributed by atoms with van der Waals surface area (Å²) in [5, 5.41) is 7.29. The molecule has 0 aliphatic heterocycles. The van der Waals surface area contributed by atoms with Gasteiger partial charge in [-0.1, -0.05) is 0 Å². The summed E-state index contributed by atoms with van der Waals surface area (Å²) in [4.78, 5) is 24.2. The second-order valence-corrected chi connectivity index (χ2v) is 6.82. The van der Waals surface area contributed by atoms with E-state index in [-0.39, 0.29) is 17.5 Å². The van der Waals surface area contributed by atoms with E-state index in [0.29, 0.717) is 23.7 Å². The molecule has 1 heterocycles. The standard InChI is InChI=1S/C21H25N3O5/c1-24-20(26)12-14-11-15(6-7-16(14)23-24)22-19(25)8-5-13-9-17(27-2)21(29-4)18(10-13)28-3/h5,8-10,12,15H,6-7,11H2,1-4H3,(H,22,25)/b8-5+.